The first-order valence-electron chi connectivity index (χ1n) is 10.2. The Morgan fingerprint density at radius 1 is 1.27 bits per heavy atom. The van der Waals surface area contributed by atoms with Crippen molar-refractivity contribution in [2.45, 2.75) is 52.4 Å². The normalized spacial score (nSPS) is 17.5. The highest BCUT2D eigenvalue weighted by molar-refractivity contribution is 5.90. The van der Waals surface area contributed by atoms with Crippen molar-refractivity contribution in [2.24, 2.45) is 0 Å². The Balaban J connectivity index is 1.69. The summed E-state index contributed by atoms with van der Waals surface area (Å²) in [5.74, 6) is 1.74. The molecule has 0 radical (unpaired) electrons. The van der Waals surface area contributed by atoms with Crippen molar-refractivity contribution >= 4 is 22.9 Å². The number of likely N-dealkylation sites (tertiary alicyclic amines) is 1. The van der Waals surface area contributed by atoms with E-state index in [-0.39, 0.29) is 12.5 Å². The molecule has 1 saturated heterocycles. The minimum atomic E-state index is -0.947. The summed E-state index contributed by atoms with van der Waals surface area (Å²) in [5, 5.41) is 3.22. The highest BCUT2D eigenvalue weighted by Crippen LogP contribution is 2.27. The molecule has 1 N–H and O–H groups in total. The maximum absolute atomic E-state index is 13.6. The first kappa shape index (κ1) is 20.1. The maximum atomic E-state index is 13.6. The molecule has 0 aliphatic carbocycles. The second-order valence-corrected chi connectivity index (χ2v) is 7.37. The number of hydrogen-bond acceptors (Lipinski definition) is 7. The molecule has 0 spiro atoms. The van der Waals surface area contributed by atoms with Gasteiger partial charge in [-0.1, -0.05) is 6.92 Å². The van der Waals surface area contributed by atoms with Crippen molar-refractivity contribution in [3.8, 4) is 11.4 Å². The smallest absolute Gasteiger partial charge is 0.245 e. The van der Waals surface area contributed by atoms with E-state index in [1.165, 1.54) is 6.33 Å². The van der Waals surface area contributed by atoms with Crippen molar-refractivity contribution < 1.29 is 9.18 Å². The molecule has 1 amide bonds. The van der Waals surface area contributed by atoms with Crippen molar-refractivity contribution in [3.05, 3.63) is 24.5 Å². The third-order valence-electron chi connectivity index (χ3n) is 5.35. The van der Waals surface area contributed by atoms with Crippen molar-refractivity contribution in [3.63, 3.8) is 0 Å². The quantitative estimate of drug-likeness (QED) is 0.663. The molecule has 1 aliphatic heterocycles. The number of aromatic nitrogens is 6. The van der Waals surface area contributed by atoms with Gasteiger partial charge in [-0.3, -0.25) is 4.79 Å². The SMILES string of the molecule is CC[C@H](Nc1ncnc2c1nc(-c1cnc(C)nc1)n2CC)C(=O)N1CC[C@H](F)C1. The van der Waals surface area contributed by atoms with Crippen molar-refractivity contribution in [1.29, 1.82) is 0 Å². The lowest BCUT2D eigenvalue weighted by Gasteiger charge is -2.23. The van der Waals surface area contributed by atoms with Crippen LogP contribution in [-0.4, -0.2) is 65.6 Å². The van der Waals surface area contributed by atoms with Crippen LogP contribution in [0.4, 0.5) is 10.2 Å². The highest BCUT2D eigenvalue weighted by Gasteiger charge is 2.31. The molecule has 0 saturated carbocycles. The van der Waals surface area contributed by atoms with Crippen LogP contribution in [0.25, 0.3) is 22.6 Å². The summed E-state index contributed by atoms with van der Waals surface area (Å²) in [4.78, 5) is 36.4. The van der Waals surface area contributed by atoms with Crippen LogP contribution < -0.4 is 5.32 Å². The van der Waals surface area contributed by atoms with Gasteiger partial charge < -0.3 is 14.8 Å². The zero-order valence-electron chi connectivity index (χ0n) is 17.3. The standard InChI is InChI=1S/C20H25FN8O/c1-4-15(20(30)28-7-6-14(21)10-28)26-17-16-19(25-11-24-17)29(5-2)18(27-16)13-8-22-12(3)23-9-13/h8-9,11,14-15H,4-7,10H2,1-3H3,(H,24,25,26)/t14-,15-/m0/s1. The average Bonchev–Trinajstić information content (AvgIpc) is 3.35. The predicted octanol–water partition coefficient (Wildman–Crippen LogP) is 2.37. The number of anilines is 1. The van der Waals surface area contributed by atoms with E-state index >= 15 is 0 Å². The third-order valence-corrected chi connectivity index (χ3v) is 5.35. The van der Waals surface area contributed by atoms with E-state index in [9.17, 15) is 9.18 Å². The lowest BCUT2D eigenvalue weighted by atomic mass is 10.2. The number of alkyl halides is 1. The molecular weight excluding hydrogens is 387 g/mol. The van der Waals surface area contributed by atoms with Gasteiger partial charge in [0.1, 0.15) is 30.2 Å². The fourth-order valence-electron chi connectivity index (χ4n) is 3.71. The van der Waals surface area contributed by atoms with Gasteiger partial charge in [0, 0.05) is 25.5 Å². The number of hydrogen-bond donors (Lipinski definition) is 1. The molecule has 1 aliphatic rings. The lowest BCUT2D eigenvalue weighted by molar-refractivity contribution is -0.131. The average molecular weight is 412 g/mol. The number of carbonyl (C=O) groups is 1. The number of halogens is 1. The second-order valence-electron chi connectivity index (χ2n) is 7.37. The minimum Gasteiger partial charge on any atom is -0.356 e. The Kier molecular flexibility index (Phi) is 5.56. The predicted molar refractivity (Wildman–Crippen MR) is 111 cm³/mol. The van der Waals surface area contributed by atoms with Crippen LogP contribution in [0.1, 0.15) is 32.5 Å². The number of imidazole rings is 1. The van der Waals surface area contributed by atoms with E-state index < -0.39 is 12.2 Å². The number of fused-ring (bicyclic) bond motifs is 1. The fourth-order valence-corrected chi connectivity index (χ4v) is 3.71. The van der Waals surface area contributed by atoms with Crippen LogP contribution in [-0.2, 0) is 11.3 Å². The van der Waals surface area contributed by atoms with E-state index in [0.29, 0.717) is 54.6 Å². The van der Waals surface area contributed by atoms with Gasteiger partial charge in [-0.25, -0.2) is 29.3 Å². The summed E-state index contributed by atoms with van der Waals surface area (Å²) < 4.78 is 15.5. The summed E-state index contributed by atoms with van der Waals surface area (Å²) in [5.41, 5.74) is 2.02. The van der Waals surface area contributed by atoms with E-state index in [1.807, 2.05) is 25.3 Å². The first-order valence-corrected chi connectivity index (χ1v) is 10.2. The molecule has 2 atom stereocenters. The zero-order chi connectivity index (χ0) is 21.3. The number of nitrogens with one attached hydrogen (secondary N) is 1. The summed E-state index contributed by atoms with van der Waals surface area (Å²) in [7, 11) is 0. The molecule has 0 aromatic carbocycles. The largest absolute Gasteiger partial charge is 0.356 e. The molecule has 30 heavy (non-hydrogen) atoms. The van der Waals surface area contributed by atoms with Crippen LogP contribution in [0.3, 0.4) is 0 Å². The van der Waals surface area contributed by atoms with Crippen LogP contribution in [0.2, 0.25) is 0 Å². The highest BCUT2D eigenvalue weighted by atomic mass is 19.1. The molecule has 10 heteroatoms. The zero-order valence-corrected chi connectivity index (χ0v) is 17.3. The molecule has 3 aromatic heterocycles. The topological polar surface area (TPSA) is 102 Å². The Morgan fingerprint density at radius 2 is 2.03 bits per heavy atom. The van der Waals surface area contributed by atoms with Crippen LogP contribution in [0.5, 0.6) is 0 Å². The van der Waals surface area contributed by atoms with Gasteiger partial charge in [-0.15, -0.1) is 0 Å². The first-order chi connectivity index (χ1) is 14.5. The summed E-state index contributed by atoms with van der Waals surface area (Å²) in [6, 6.07) is -0.508. The molecule has 9 nitrogen and oxygen atoms in total. The van der Waals surface area contributed by atoms with Crippen molar-refractivity contribution in [2.75, 3.05) is 18.4 Å². The molecule has 1 fully saturated rings. The van der Waals surface area contributed by atoms with Gasteiger partial charge in [0.05, 0.1) is 12.1 Å². The maximum Gasteiger partial charge on any atom is 0.245 e. The molecule has 4 rings (SSSR count). The number of aryl methyl sites for hydroxylation is 2. The van der Waals surface area contributed by atoms with E-state index in [4.69, 9.17) is 4.98 Å². The van der Waals surface area contributed by atoms with Gasteiger partial charge in [0.15, 0.2) is 17.0 Å². The Hall–Kier alpha value is -3.17. The summed E-state index contributed by atoms with van der Waals surface area (Å²) >= 11 is 0. The van der Waals surface area contributed by atoms with E-state index in [0.717, 1.165) is 5.56 Å². The van der Waals surface area contributed by atoms with Crippen LogP contribution in [0, 0.1) is 6.92 Å². The van der Waals surface area contributed by atoms with E-state index in [1.54, 1.807) is 17.3 Å². The number of nitrogens with zero attached hydrogens (tertiary/aromatic N) is 7. The molecule has 4 heterocycles. The summed E-state index contributed by atoms with van der Waals surface area (Å²) in [6.45, 7) is 6.99. The molecule has 158 valence electrons. The molecule has 0 unspecified atom stereocenters. The van der Waals surface area contributed by atoms with Gasteiger partial charge in [-0.05, 0) is 26.7 Å². The second kappa shape index (κ2) is 8.29. The fraction of sp³-hybridized carbons (Fsp3) is 0.500. The van der Waals surface area contributed by atoms with Gasteiger partial charge in [0.2, 0.25) is 5.91 Å². The molecular formula is C20H25FN8O. The number of rotatable bonds is 6. The molecule has 3 aromatic rings. The Bertz CT molecular complexity index is 1050. The third kappa shape index (κ3) is 3.69. The van der Waals surface area contributed by atoms with Crippen LogP contribution in [0.15, 0.2) is 18.7 Å². The monoisotopic (exact) mass is 412 g/mol. The minimum absolute atomic E-state index is 0.119. The number of carbonyl (C=O) groups excluding carboxylic acids is 1. The summed E-state index contributed by atoms with van der Waals surface area (Å²) in [6.07, 6.45) is 4.91. The van der Waals surface area contributed by atoms with E-state index in [2.05, 4.69) is 25.3 Å². The lowest BCUT2D eigenvalue weighted by Crippen LogP contribution is -2.41. The van der Waals surface area contributed by atoms with Gasteiger partial charge >= 0.3 is 0 Å². The Morgan fingerprint density at radius 3 is 2.67 bits per heavy atom. The van der Waals surface area contributed by atoms with Gasteiger partial charge in [-0.2, -0.15) is 0 Å². The number of amides is 1. The van der Waals surface area contributed by atoms with Crippen molar-refractivity contribution in [1.82, 2.24) is 34.4 Å². The van der Waals surface area contributed by atoms with Crippen LogP contribution >= 0.6 is 0 Å². The van der Waals surface area contributed by atoms with Gasteiger partial charge in [0.25, 0.3) is 0 Å². The molecule has 0 bridgehead atoms. The Labute approximate surface area is 173 Å².